The highest BCUT2D eigenvalue weighted by atomic mass is 16.3. The van der Waals surface area contributed by atoms with E-state index < -0.39 is 0 Å². The zero-order valence-corrected chi connectivity index (χ0v) is 13.2. The number of aliphatic hydroxyl groups is 1. The van der Waals surface area contributed by atoms with Crippen molar-refractivity contribution in [3.8, 4) is 0 Å². The van der Waals surface area contributed by atoms with Gasteiger partial charge in [0.1, 0.15) is 0 Å². The van der Waals surface area contributed by atoms with E-state index in [2.05, 4.69) is 4.90 Å². The molecule has 1 N–H and O–H groups in total. The predicted octanol–water partition coefficient (Wildman–Crippen LogP) is 4.12. The maximum Gasteiger partial charge on any atom is 0.0751 e. The summed E-state index contributed by atoms with van der Waals surface area (Å²) in [7, 11) is 0. The van der Waals surface area contributed by atoms with E-state index in [0.29, 0.717) is 5.92 Å². The molecule has 1 heterocycles. The first-order chi connectivity index (χ1) is 9.83. The second kappa shape index (κ2) is 6.79. The SMILES string of the molecule is OC(C1CCCCCC1)C1(N2CCCCC2)CCCC1. The quantitative estimate of drug-likeness (QED) is 0.786. The molecule has 3 aliphatic rings. The van der Waals surface area contributed by atoms with Crippen molar-refractivity contribution >= 4 is 0 Å². The van der Waals surface area contributed by atoms with Crippen LogP contribution in [0.2, 0.25) is 0 Å². The van der Waals surface area contributed by atoms with Crippen LogP contribution in [0.25, 0.3) is 0 Å². The maximum absolute atomic E-state index is 11.3. The number of aliphatic hydroxyl groups excluding tert-OH is 1. The van der Waals surface area contributed by atoms with Crippen LogP contribution in [0.15, 0.2) is 0 Å². The molecule has 1 atom stereocenters. The lowest BCUT2D eigenvalue weighted by molar-refractivity contribution is -0.0694. The second-order valence-corrected chi connectivity index (χ2v) is 7.55. The topological polar surface area (TPSA) is 23.5 Å². The Kier molecular flexibility index (Phi) is 5.04. The van der Waals surface area contributed by atoms with Gasteiger partial charge in [-0.1, -0.05) is 44.9 Å². The highest BCUT2D eigenvalue weighted by Crippen LogP contribution is 2.44. The summed E-state index contributed by atoms with van der Waals surface area (Å²) in [5.41, 5.74) is 0.162. The summed E-state index contributed by atoms with van der Waals surface area (Å²) in [4.78, 5) is 2.71. The van der Waals surface area contributed by atoms with Gasteiger partial charge < -0.3 is 5.11 Å². The minimum atomic E-state index is -0.0544. The first-order valence-electron chi connectivity index (χ1n) is 9.26. The van der Waals surface area contributed by atoms with E-state index in [0.717, 1.165) is 0 Å². The lowest BCUT2D eigenvalue weighted by atomic mass is 9.77. The molecule has 116 valence electrons. The van der Waals surface area contributed by atoms with Gasteiger partial charge in [-0.3, -0.25) is 4.90 Å². The summed E-state index contributed by atoms with van der Waals surface area (Å²) in [5.74, 6) is 0.581. The Morgan fingerprint density at radius 1 is 0.750 bits per heavy atom. The lowest BCUT2D eigenvalue weighted by Gasteiger charge is -2.48. The molecular formula is C18H33NO. The molecule has 0 radical (unpaired) electrons. The molecule has 0 spiro atoms. The van der Waals surface area contributed by atoms with Crippen molar-refractivity contribution in [1.82, 2.24) is 4.90 Å². The van der Waals surface area contributed by atoms with Crippen LogP contribution in [-0.2, 0) is 0 Å². The van der Waals surface area contributed by atoms with Crippen LogP contribution in [0.5, 0.6) is 0 Å². The van der Waals surface area contributed by atoms with Gasteiger partial charge in [-0.25, -0.2) is 0 Å². The van der Waals surface area contributed by atoms with Crippen molar-refractivity contribution in [2.45, 2.75) is 95.1 Å². The molecule has 2 saturated carbocycles. The van der Waals surface area contributed by atoms with Crippen molar-refractivity contribution in [2.24, 2.45) is 5.92 Å². The highest BCUT2D eigenvalue weighted by molar-refractivity contribution is 5.03. The van der Waals surface area contributed by atoms with Gasteiger partial charge in [0.05, 0.1) is 6.10 Å². The first-order valence-corrected chi connectivity index (χ1v) is 9.26. The molecular weight excluding hydrogens is 246 g/mol. The normalized spacial score (nSPS) is 31.1. The minimum absolute atomic E-state index is 0.0544. The van der Waals surface area contributed by atoms with Gasteiger partial charge >= 0.3 is 0 Å². The van der Waals surface area contributed by atoms with Crippen molar-refractivity contribution < 1.29 is 5.11 Å². The van der Waals surface area contributed by atoms with Crippen LogP contribution < -0.4 is 0 Å². The summed E-state index contributed by atoms with van der Waals surface area (Å²) in [5, 5.41) is 11.3. The van der Waals surface area contributed by atoms with Gasteiger partial charge in [0.15, 0.2) is 0 Å². The molecule has 1 aliphatic heterocycles. The molecule has 2 nitrogen and oxygen atoms in total. The fourth-order valence-electron chi connectivity index (χ4n) is 5.19. The lowest BCUT2D eigenvalue weighted by Crippen LogP contribution is -2.58. The third-order valence-electron chi connectivity index (χ3n) is 6.35. The maximum atomic E-state index is 11.3. The van der Waals surface area contributed by atoms with E-state index in [4.69, 9.17) is 0 Å². The van der Waals surface area contributed by atoms with E-state index in [1.165, 1.54) is 96.6 Å². The third-order valence-corrected chi connectivity index (χ3v) is 6.35. The van der Waals surface area contributed by atoms with E-state index in [9.17, 15) is 5.11 Å². The zero-order valence-electron chi connectivity index (χ0n) is 13.2. The summed E-state index contributed by atoms with van der Waals surface area (Å²) in [6.07, 6.45) is 17.2. The van der Waals surface area contributed by atoms with Gasteiger partial charge in [-0.2, -0.15) is 0 Å². The Balaban J connectivity index is 1.74. The number of likely N-dealkylation sites (tertiary alicyclic amines) is 1. The molecule has 0 amide bonds. The van der Waals surface area contributed by atoms with Crippen LogP contribution in [0, 0.1) is 5.92 Å². The molecule has 1 saturated heterocycles. The summed E-state index contributed by atoms with van der Waals surface area (Å²) in [6, 6.07) is 0. The number of hydrogen-bond acceptors (Lipinski definition) is 2. The smallest absolute Gasteiger partial charge is 0.0751 e. The number of hydrogen-bond donors (Lipinski definition) is 1. The predicted molar refractivity (Wildman–Crippen MR) is 83.8 cm³/mol. The summed E-state index contributed by atoms with van der Waals surface area (Å²) in [6.45, 7) is 2.48. The number of rotatable bonds is 3. The van der Waals surface area contributed by atoms with Gasteiger partial charge in [-0.05, 0) is 57.5 Å². The molecule has 0 aromatic rings. The number of nitrogens with zero attached hydrogens (tertiary/aromatic N) is 1. The molecule has 3 rings (SSSR count). The fourth-order valence-corrected chi connectivity index (χ4v) is 5.19. The molecule has 3 fully saturated rings. The van der Waals surface area contributed by atoms with Gasteiger partial charge in [-0.15, -0.1) is 0 Å². The Morgan fingerprint density at radius 2 is 1.30 bits per heavy atom. The average Bonchev–Trinajstić information content (AvgIpc) is 2.84. The third kappa shape index (κ3) is 2.92. The van der Waals surface area contributed by atoms with Crippen LogP contribution in [0.3, 0.4) is 0 Å². The van der Waals surface area contributed by atoms with Crippen molar-refractivity contribution in [3.63, 3.8) is 0 Å². The molecule has 2 aliphatic carbocycles. The van der Waals surface area contributed by atoms with Gasteiger partial charge in [0.25, 0.3) is 0 Å². The second-order valence-electron chi connectivity index (χ2n) is 7.55. The summed E-state index contributed by atoms with van der Waals surface area (Å²) >= 11 is 0. The van der Waals surface area contributed by atoms with Crippen LogP contribution >= 0.6 is 0 Å². The molecule has 0 bridgehead atoms. The molecule has 0 aromatic heterocycles. The van der Waals surface area contributed by atoms with Crippen LogP contribution in [0.1, 0.15) is 83.5 Å². The van der Waals surface area contributed by atoms with Crippen LogP contribution in [0.4, 0.5) is 0 Å². The Morgan fingerprint density at radius 3 is 1.90 bits per heavy atom. The molecule has 20 heavy (non-hydrogen) atoms. The molecule has 0 aromatic carbocycles. The monoisotopic (exact) mass is 279 g/mol. The minimum Gasteiger partial charge on any atom is -0.391 e. The van der Waals surface area contributed by atoms with Crippen LogP contribution in [-0.4, -0.2) is 34.7 Å². The largest absolute Gasteiger partial charge is 0.391 e. The fraction of sp³-hybridized carbons (Fsp3) is 1.00. The standard InChI is InChI=1S/C18H33NO/c20-17(16-10-4-1-2-5-11-16)18(12-6-7-13-18)19-14-8-3-9-15-19/h16-17,20H,1-15H2. The summed E-state index contributed by atoms with van der Waals surface area (Å²) < 4.78 is 0. The number of piperidine rings is 1. The van der Waals surface area contributed by atoms with Gasteiger partial charge in [0.2, 0.25) is 0 Å². The van der Waals surface area contributed by atoms with E-state index >= 15 is 0 Å². The molecule has 1 unspecified atom stereocenters. The van der Waals surface area contributed by atoms with Crippen molar-refractivity contribution in [2.75, 3.05) is 13.1 Å². The van der Waals surface area contributed by atoms with E-state index in [1.807, 2.05) is 0 Å². The first kappa shape index (κ1) is 14.8. The Bertz CT molecular complexity index is 284. The highest BCUT2D eigenvalue weighted by Gasteiger charge is 2.47. The Hall–Kier alpha value is -0.0800. The Labute approximate surface area is 124 Å². The molecule has 2 heteroatoms. The van der Waals surface area contributed by atoms with Crippen molar-refractivity contribution in [1.29, 1.82) is 0 Å². The zero-order chi connectivity index (χ0) is 13.8. The van der Waals surface area contributed by atoms with Gasteiger partial charge in [0, 0.05) is 5.54 Å². The van der Waals surface area contributed by atoms with E-state index in [1.54, 1.807) is 0 Å². The van der Waals surface area contributed by atoms with Crippen molar-refractivity contribution in [3.05, 3.63) is 0 Å². The van der Waals surface area contributed by atoms with E-state index in [-0.39, 0.29) is 11.6 Å². The average molecular weight is 279 g/mol.